The van der Waals surface area contributed by atoms with Crippen molar-refractivity contribution >= 4 is 27.8 Å². The Labute approximate surface area is 128 Å². The largest absolute Gasteiger partial charge is 0.444 e. The van der Waals surface area contributed by atoms with Crippen LogP contribution < -0.4 is 4.90 Å². The van der Waals surface area contributed by atoms with Crippen molar-refractivity contribution in [2.75, 3.05) is 32.1 Å². The van der Waals surface area contributed by atoms with Crippen molar-refractivity contribution < 1.29 is 9.53 Å². The van der Waals surface area contributed by atoms with Gasteiger partial charge in [-0.1, -0.05) is 0 Å². The van der Waals surface area contributed by atoms with Gasteiger partial charge in [0, 0.05) is 34.2 Å². The fourth-order valence-corrected chi connectivity index (χ4v) is 2.32. The van der Waals surface area contributed by atoms with E-state index in [-0.39, 0.29) is 6.09 Å². The second-order valence-corrected chi connectivity index (χ2v) is 6.62. The van der Waals surface area contributed by atoms with E-state index in [1.165, 1.54) is 0 Å². The SMILES string of the molecule is CN(CCN(C)c1c(Br)cnn1C)C(=O)OC(C)(C)C. The summed E-state index contributed by atoms with van der Waals surface area (Å²) in [5.41, 5.74) is -0.470. The molecule has 0 aliphatic rings. The molecule has 7 heteroatoms. The number of hydrogen-bond donors (Lipinski definition) is 0. The maximum absolute atomic E-state index is 11.8. The number of halogens is 1. The Morgan fingerprint density at radius 2 is 2.00 bits per heavy atom. The van der Waals surface area contributed by atoms with Crippen LogP contribution in [0.4, 0.5) is 10.6 Å². The second kappa shape index (κ2) is 6.47. The summed E-state index contributed by atoms with van der Waals surface area (Å²) in [6.45, 7) is 6.84. The molecule has 0 fully saturated rings. The Balaban J connectivity index is 2.53. The van der Waals surface area contributed by atoms with Gasteiger partial charge in [0.15, 0.2) is 0 Å². The third-order valence-electron chi connectivity index (χ3n) is 2.70. The summed E-state index contributed by atoms with van der Waals surface area (Å²) >= 11 is 3.46. The molecule has 0 aliphatic heterocycles. The number of nitrogens with zero attached hydrogens (tertiary/aromatic N) is 4. The lowest BCUT2D eigenvalue weighted by Gasteiger charge is -2.27. The fraction of sp³-hybridized carbons (Fsp3) is 0.692. The third-order valence-corrected chi connectivity index (χ3v) is 3.26. The summed E-state index contributed by atoms with van der Waals surface area (Å²) in [5.74, 6) is 0.975. The molecule has 0 saturated heterocycles. The van der Waals surface area contributed by atoms with Gasteiger partial charge < -0.3 is 14.5 Å². The van der Waals surface area contributed by atoms with Crippen molar-refractivity contribution in [3.63, 3.8) is 0 Å². The predicted octanol–water partition coefficient (Wildman–Crippen LogP) is 2.49. The number of carbonyl (C=O) groups excluding carboxylic acids is 1. The van der Waals surface area contributed by atoms with E-state index in [2.05, 4.69) is 21.0 Å². The first-order chi connectivity index (χ1) is 9.11. The number of aryl methyl sites for hydroxylation is 1. The molecule has 0 atom stereocenters. The first kappa shape index (κ1) is 16.8. The molecular formula is C13H23BrN4O2. The van der Waals surface area contributed by atoms with Crippen LogP contribution in [0.25, 0.3) is 0 Å². The Bertz CT molecular complexity index is 448. The van der Waals surface area contributed by atoms with Crippen LogP contribution in [0.2, 0.25) is 0 Å². The molecule has 114 valence electrons. The number of ether oxygens (including phenoxy) is 1. The molecule has 1 aromatic heterocycles. The van der Waals surface area contributed by atoms with Crippen molar-refractivity contribution in [1.82, 2.24) is 14.7 Å². The van der Waals surface area contributed by atoms with E-state index in [0.29, 0.717) is 13.1 Å². The van der Waals surface area contributed by atoms with Gasteiger partial charge in [-0.3, -0.25) is 4.68 Å². The Morgan fingerprint density at radius 1 is 1.40 bits per heavy atom. The van der Waals surface area contributed by atoms with Crippen molar-refractivity contribution in [3.05, 3.63) is 10.7 Å². The summed E-state index contributed by atoms with van der Waals surface area (Å²) in [7, 11) is 5.58. The number of rotatable bonds is 4. The monoisotopic (exact) mass is 346 g/mol. The van der Waals surface area contributed by atoms with Gasteiger partial charge >= 0.3 is 6.09 Å². The van der Waals surface area contributed by atoms with E-state index in [1.807, 2.05) is 39.8 Å². The zero-order chi connectivity index (χ0) is 15.5. The average Bonchev–Trinajstić information content (AvgIpc) is 2.63. The summed E-state index contributed by atoms with van der Waals surface area (Å²) < 4.78 is 8.03. The maximum atomic E-state index is 11.8. The number of anilines is 1. The lowest BCUT2D eigenvalue weighted by molar-refractivity contribution is 0.0303. The van der Waals surface area contributed by atoms with Crippen molar-refractivity contribution in [2.24, 2.45) is 7.05 Å². The molecule has 0 aromatic carbocycles. The minimum atomic E-state index is -0.470. The van der Waals surface area contributed by atoms with Gasteiger partial charge in [-0.05, 0) is 36.7 Å². The summed E-state index contributed by atoms with van der Waals surface area (Å²) in [6.07, 6.45) is 1.44. The minimum Gasteiger partial charge on any atom is -0.444 e. The lowest BCUT2D eigenvalue weighted by Crippen LogP contribution is -2.38. The Kier molecular flexibility index (Phi) is 5.44. The number of likely N-dealkylation sites (N-methyl/N-ethyl adjacent to an activating group) is 2. The minimum absolute atomic E-state index is 0.310. The van der Waals surface area contributed by atoms with Gasteiger partial charge in [0.1, 0.15) is 11.4 Å². The molecule has 0 radical (unpaired) electrons. The summed E-state index contributed by atoms with van der Waals surface area (Å²) in [4.78, 5) is 15.5. The van der Waals surface area contributed by atoms with Crippen LogP contribution >= 0.6 is 15.9 Å². The standard InChI is InChI=1S/C13H23BrN4O2/c1-13(2,3)20-12(19)17(5)8-7-16(4)11-10(14)9-15-18(11)6/h9H,7-8H2,1-6H3. The molecular weight excluding hydrogens is 324 g/mol. The van der Waals surface area contributed by atoms with Crippen LogP contribution in [0.5, 0.6) is 0 Å². The first-order valence-corrected chi connectivity index (χ1v) is 7.24. The number of aromatic nitrogens is 2. The topological polar surface area (TPSA) is 50.6 Å². The summed E-state index contributed by atoms with van der Waals surface area (Å²) in [5, 5.41) is 4.17. The molecule has 0 unspecified atom stereocenters. The van der Waals surface area contributed by atoms with E-state index in [0.717, 1.165) is 10.3 Å². The van der Waals surface area contributed by atoms with E-state index >= 15 is 0 Å². The molecule has 0 aliphatic carbocycles. The number of hydrogen-bond acceptors (Lipinski definition) is 4. The average molecular weight is 347 g/mol. The Hall–Kier alpha value is -1.24. The quantitative estimate of drug-likeness (QED) is 0.840. The van der Waals surface area contributed by atoms with Gasteiger partial charge in [0.05, 0.1) is 10.7 Å². The highest BCUT2D eigenvalue weighted by Gasteiger charge is 2.20. The lowest BCUT2D eigenvalue weighted by atomic mass is 10.2. The van der Waals surface area contributed by atoms with Crippen LogP contribution in [0.15, 0.2) is 10.7 Å². The van der Waals surface area contributed by atoms with Gasteiger partial charge in [-0.2, -0.15) is 5.10 Å². The molecule has 20 heavy (non-hydrogen) atoms. The molecule has 1 rings (SSSR count). The zero-order valence-corrected chi connectivity index (χ0v) is 14.6. The molecule has 6 nitrogen and oxygen atoms in total. The normalized spacial score (nSPS) is 11.3. The van der Waals surface area contributed by atoms with E-state index in [1.54, 1.807) is 22.8 Å². The molecule has 1 amide bonds. The Morgan fingerprint density at radius 3 is 2.45 bits per heavy atom. The van der Waals surface area contributed by atoms with Crippen LogP contribution in [-0.2, 0) is 11.8 Å². The fourth-order valence-electron chi connectivity index (χ4n) is 1.67. The molecule has 1 heterocycles. The summed E-state index contributed by atoms with van der Waals surface area (Å²) in [6, 6.07) is 0. The highest BCUT2D eigenvalue weighted by atomic mass is 79.9. The van der Waals surface area contributed by atoms with E-state index in [4.69, 9.17) is 4.74 Å². The molecule has 1 aromatic rings. The van der Waals surface area contributed by atoms with Crippen molar-refractivity contribution in [1.29, 1.82) is 0 Å². The molecule has 0 spiro atoms. The molecule has 0 N–H and O–H groups in total. The van der Waals surface area contributed by atoms with Crippen LogP contribution in [0.3, 0.4) is 0 Å². The second-order valence-electron chi connectivity index (χ2n) is 5.76. The van der Waals surface area contributed by atoms with Gasteiger partial charge in [-0.25, -0.2) is 4.79 Å². The molecule has 0 saturated carbocycles. The highest BCUT2D eigenvalue weighted by molar-refractivity contribution is 9.10. The van der Waals surface area contributed by atoms with Gasteiger partial charge in [0.25, 0.3) is 0 Å². The zero-order valence-electron chi connectivity index (χ0n) is 13.0. The molecule has 0 bridgehead atoms. The van der Waals surface area contributed by atoms with Crippen molar-refractivity contribution in [2.45, 2.75) is 26.4 Å². The van der Waals surface area contributed by atoms with E-state index < -0.39 is 5.60 Å². The predicted molar refractivity (Wildman–Crippen MR) is 83.0 cm³/mol. The van der Waals surface area contributed by atoms with Crippen LogP contribution in [-0.4, -0.2) is 53.6 Å². The number of amides is 1. The van der Waals surface area contributed by atoms with Gasteiger partial charge in [-0.15, -0.1) is 0 Å². The first-order valence-electron chi connectivity index (χ1n) is 6.44. The van der Waals surface area contributed by atoms with Gasteiger partial charge in [0.2, 0.25) is 0 Å². The van der Waals surface area contributed by atoms with Crippen molar-refractivity contribution in [3.8, 4) is 0 Å². The highest BCUT2D eigenvalue weighted by Crippen LogP contribution is 2.23. The number of carbonyl (C=O) groups is 1. The van der Waals surface area contributed by atoms with Crippen LogP contribution in [0.1, 0.15) is 20.8 Å². The maximum Gasteiger partial charge on any atom is 0.410 e. The smallest absolute Gasteiger partial charge is 0.410 e. The van der Waals surface area contributed by atoms with E-state index in [9.17, 15) is 4.79 Å². The third kappa shape index (κ3) is 4.70. The van der Waals surface area contributed by atoms with Crippen LogP contribution in [0, 0.1) is 0 Å².